The number of fused-ring (bicyclic) bond motifs is 1. The second-order valence-electron chi connectivity index (χ2n) is 8.42. The number of nitrogens with zero attached hydrogens (tertiary/aromatic N) is 1. The number of ether oxygens (including phenoxy) is 2. The molecule has 0 spiro atoms. The third-order valence-electron chi connectivity index (χ3n) is 4.60. The van der Waals surface area contributed by atoms with Crippen molar-refractivity contribution >= 4 is 40.2 Å². The predicted molar refractivity (Wildman–Crippen MR) is 124 cm³/mol. The van der Waals surface area contributed by atoms with E-state index in [0.29, 0.717) is 5.56 Å². The van der Waals surface area contributed by atoms with Crippen molar-refractivity contribution in [3.05, 3.63) is 66.0 Å². The molecule has 1 heterocycles. The Morgan fingerprint density at radius 3 is 2.18 bits per heavy atom. The SMILES string of the molecule is CCOC(=O)Cc1ccc(NC(=O)OC(C)(C)C)c(C(=O)C(=O)n2cc3ccccc3c2)c1. The molecule has 0 fully saturated rings. The zero-order chi connectivity index (χ0) is 24.2. The van der Waals surface area contributed by atoms with Crippen molar-refractivity contribution in [2.45, 2.75) is 39.7 Å². The summed E-state index contributed by atoms with van der Waals surface area (Å²) in [6.45, 7) is 7.05. The number of anilines is 1. The molecule has 8 nitrogen and oxygen atoms in total. The fourth-order valence-electron chi connectivity index (χ4n) is 3.22. The van der Waals surface area contributed by atoms with E-state index < -0.39 is 29.4 Å². The molecule has 0 aliphatic rings. The van der Waals surface area contributed by atoms with Crippen molar-refractivity contribution in [1.82, 2.24) is 4.57 Å². The van der Waals surface area contributed by atoms with Crippen LogP contribution in [0.5, 0.6) is 0 Å². The number of rotatable bonds is 6. The molecule has 0 bridgehead atoms. The number of aromatic nitrogens is 1. The number of esters is 1. The molecule has 172 valence electrons. The lowest BCUT2D eigenvalue weighted by Crippen LogP contribution is -2.28. The van der Waals surface area contributed by atoms with Gasteiger partial charge in [-0.25, -0.2) is 4.79 Å². The summed E-state index contributed by atoms with van der Waals surface area (Å²) in [6, 6.07) is 11.8. The van der Waals surface area contributed by atoms with Gasteiger partial charge in [0, 0.05) is 12.4 Å². The molecule has 0 aliphatic carbocycles. The highest BCUT2D eigenvalue weighted by atomic mass is 16.6. The van der Waals surface area contributed by atoms with Gasteiger partial charge in [-0.15, -0.1) is 0 Å². The molecule has 3 aromatic rings. The summed E-state index contributed by atoms with van der Waals surface area (Å²) in [5.74, 6) is -2.11. The minimum absolute atomic E-state index is 0.0505. The number of hydrogen-bond donors (Lipinski definition) is 1. The maximum absolute atomic E-state index is 13.2. The van der Waals surface area contributed by atoms with Gasteiger partial charge in [0.2, 0.25) is 0 Å². The molecule has 1 aromatic heterocycles. The molecule has 0 unspecified atom stereocenters. The highest BCUT2D eigenvalue weighted by Gasteiger charge is 2.25. The second-order valence-corrected chi connectivity index (χ2v) is 8.42. The minimum atomic E-state index is -0.841. The van der Waals surface area contributed by atoms with Crippen molar-refractivity contribution in [3.8, 4) is 0 Å². The standard InChI is InChI=1S/C25H26N2O6/c1-5-32-21(28)13-16-10-11-20(26-24(31)33-25(2,3)4)19(12-16)22(29)23(30)27-14-17-8-6-7-9-18(17)15-27/h6-12,14-15H,5,13H2,1-4H3,(H,26,31). The summed E-state index contributed by atoms with van der Waals surface area (Å²) < 4.78 is 11.4. The van der Waals surface area contributed by atoms with E-state index in [1.54, 1.807) is 46.2 Å². The highest BCUT2D eigenvalue weighted by molar-refractivity contribution is 6.45. The van der Waals surface area contributed by atoms with Gasteiger partial charge >= 0.3 is 18.0 Å². The van der Waals surface area contributed by atoms with E-state index in [4.69, 9.17) is 9.47 Å². The fraction of sp³-hybridized carbons (Fsp3) is 0.280. The summed E-state index contributed by atoms with van der Waals surface area (Å²) in [4.78, 5) is 50.4. The first-order valence-corrected chi connectivity index (χ1v) is 10.5. The molecule has 1 N–H and O–H groups in total. The summed E-state index contributed by atoms with van der Waals surface area (Å²) in [5.41, 5.74) is -0.228. The zero-order valence-electron chi connectivity index (χ0n) is 19.0. The largest absolute Gasteiger partial charge is 0.466 e. The van der Waals surface area contributed by atoms with Crippen LogP contribution in [0.15, 0.2) is 54.9 Å². The van der Waals surface area contributed by atoms with Gasteiger partial charge in [0.1, 0.15) is 5.60 Å². The van der Waals surface area contributed by atoms with E-state index in [1.165, 1.54) is 16.7 Å². The van der Waals surface area contributed by atoms with Gasteiger partial charge in [-0.2, -0.15) is 0 Å². The smallest absolute Gasteiger partial charge is 0.412 e. The van der Waals surface area contributed by atoms with Crippen LogP contribution in [-0.2, 0) is 20.7 Å². The summed E-state index contributed by atoms with van der Waals surface area (Å²) >= 11 is 0. The fourth-order valence-corrected chi connectivity index (χ4v) is 3.22. The highest BCUT2D eigenvalue weighted by Crippen LogP contribution is 2.22. The molecule has 2 aromatic carbocycles. The van der Waals surface area contributed by atoms with Crippen LogP contribution < -0.4 is 5.32 Å². The number of Topliss-reactive ketones (excluding diaryl/α,β-unsaturated/α-hetero) is 1. The lowest BCUT2D eigenvalue weighted by Gasteiger charge is -2.20. The monoisotopic (exact) mass is 450 g/mol. The van der Waals surface area contributed by atoms with Crippen molar-refractivity contribution < 1.29 is 28.7 Å². The average molecular weight is 450 g/mol. The maximum atomic E-state index is 13.2. The first kappa shape index (κ1) is 23.7. The van der Waals surface area contributed by atoms with Crippen LogP contribution in [0.1, 0.15) is 48.4 Å². The van der Waals surface area contributed by atoms with Crippen LogP contribution in [0.2, 0.25) is 0 Å². The van der Waals surface area contributed by atoms with Crippen LogP contribution in [0, 0.1) is 0 Å². The Labute approximate surface area is 191 Å². The third-order valence-corrected chi connectivity index (χ3v) is 4.60. The van der Waals surface area contributed by atoms with Crippen LogP contribution >= 0.6 is 0 Å². The van der Waals surface area contributed by atoms with Crippen molar-refractivity contribution in [2.75, 3.05) is 11.9 Å². The Balaban J connectivity index is 1.95. The normalized spacial score (nSPS) is 11.2. The summed E-state index contributed by atoms with van der Waals surface area (Å²) in [6.07, 6.45) is 2.29. The number of carbonyl (C=O) groups is 4. The summed E-state index contributed by atoms with van der Waals surface area (Å²) in [5, 5.41) is 4.14. The number of carbonyl (C=O) groups excluding carboxylic acids is 4. The zero-order valence-corrected chi connectivity index (χ0v) is 19.0. The van der Waals surface area contributed by atoms with E-state index in [2.05, 4.69) is 5.32 Å². The molecule has 3 rings (SSSR count). The van der Waals surface area contributed by atoms with E-state index in [9.17, 15) is 19.2 Å². The molecular weight excluding hydrogens is 424 g/mol. The van der Waals surface area contributed by atoms with E-state index in [0.717, 1.165) is 10.8 Å². The van der Waals surface area contributed by atoms with Crippen LogP contribution in [0.3, 0.4) is 0 Å². The van der Waals surface area contributed by atoms with Gasteiger partial charge in [-0.1, -0.05) is 30.3 Å². The Hall–Kier alpha value is -3.94. The van der Waals surface area contributed by atoms with Gasteiger partial charge in [0.05, 0.1) is 24.3 Å². The van der Waals surface area contributed by atoms with Crippen molar-refractivity contribution in [2.24, 2.45) is 0 Å². The third kappa shape index (κ3) is 6.06. The molecule has 0 atom stereocenters. The Bertz CT molecular complexity index is 1190. The van der Waals surface area contributed by atoms with Crippen LogP contribution in [-0.4, -0.2) is 40.5 Å². The number of amides is 1. The molecular formula is C25H26N2O6. The summed E-state index contributed by atoms with van der Waals surface area (Å²) in [7, 11) is 0. The Kier molecular flexibility index (Phi) is 6.96. The molecule has 8 heteroatoms. The number of hydrogen-bond acceptors (Lipinski definition) is 6. The average Bonchev–Trinajstić information content (AvgIpc) is 3.17. The number of ketones is 1. The Morgan fingerprint density at radius 1 is 0.970 bits per heavy atom. The molecule has 0 aliphatic heterocycles. The minimum Gasteiger partial charge on any atom is -0.466 e. The molecule has 0 saturated heterocycles. The topological polar surface area (TPSA) is 104 Å². The first-order valence-electron chi connectivity index (χ1n) is 10.5. The van der Waals surface area contributed by atoms with Crippen molar-refractivity contribution in [3.63, 3.8) is 0 Å². The van der Waals surface area contributed by atoms with Crippen LogP contribution in [0.25, 0.3) is 10.8 Å². The molecule has 1 amide bonds. The lowest BCUT2D eigenvalue weighted by molar-refractivity contribution is -0.142. The van der Waals surface area contributed by atoms with Crippen molar-refractivity contribution in [1.29, 1.82) is 0 Å². The van der Waals surface area contributed by atoms with Crippen LogP contribution in [0.4, 0.5) is 10.5 Å². The second kappa shape index (κ2) is 9.68. The number of benzene rings is 2. The van der Waals surface area contributed by atoms with Gasteiger partial charge < -0.3 is 9.47 Å². The van der Waals surface area contributed by atoms with Gasteiger partial charge in [-0.05, 0) is 56.2 Å². The quantitative estimate of drug-likeness (QED) is 0.334. The molecule has 0 radical (unpaired) electrons. The first-order chi connectivity index (χ1) is 15.6. The van der Waals surface area contributed by atoms with E-state index in [-0.39, 0.29) is 24.3 Å². The van der Waals surface area contributed by atoms with E-state index >= 15 is 0 Å². The number of nitrogens with one attached hydrogen (secondary N) is 1. The predicted octanol–water partition coefficient (Wildman–Crippen LogP) is 4.62. The Morgan fingerprint density at radius 2 is 1.61 bits per heavy atom. The molecule has 33 heavy (non-hydrogen) atoms. The molecule has 0 saturated carbocycles. The van der Waals surface area contributed by atoms with E-state index in [1.807, 2.05) is 24.3 Å². The van der Waals surface area contributed by atoms with Gasteiger partial charge in [-0.3, -0.25) is 24.3 Å². The maximum Gasteiger partial charge on any atom is 0.412 e. The van der Waals surface area contributed by atoms with Gasteiger partial charge in [0.25, 0.3) is 5.78 Å². The lowest BCUT2D eigenvalue weighted by atomic mass is 10.0. The van der Waals surface area contributed by atoms with Gasteiger partial charge in [0.15, 0.2) is 0 Å².